The maximum atomic E-state index is 12.0. The molecule has 0 bridgehead atoms. The van der Waals surface area contributed by atoms with Gasteiger partial charge in [-0.25, -0.2) is 4.98 Å². The Balaban J connectivity index is 2.38. The van der Waals surface area contributed by atoms with Gasteiger partial charge in [0, 0.05) is 25.7 Å². The SMILES string of the molecule is Cc1nn(C)c2ncc(C(=O)N(C)CC(=O)O)cc12. The number of pyridine rings is 1. The molecule has 0 fully saturated rings. The van der Waals surface area contributed by atoms with Crippen molar-refractivity contribution in [1.29, 1.82) is 0 Å². The number of rotatable bonds is 3. The molecule has 1 N–H and O–H groups in total. The van der Waals surface area contributed by atoms with Crippen LogP contribution in [0.1, 0.15) is 16.1 Å². The van der Waals surface area contributed by atoms with Gasteiger partial charge in [-0.15, -0.1) is 0 Å². The van der Waals surface area contributed by atoms with Crippen LogP contribution in [0.4, 0.5) is 0 Å². The molecular weight excluding hydrogens is 248 g/mol. The molecule has 2 heterocycles. The van der Waals surface area contributed by atoms with Crippen LogP contribution in [0.3, 0.4) is 0 Å². The van der Waals surface area contributed by atoms with Gasteiger partial charge in [0.25, 0.3) is 5.91 Å². The van der Waals surface area contributed by atoms with Crippen molar-refractivity contribution in [2.24, 2.45) is 7.05 Å². The number of likely N-dealkylation sites (N-methyl/N-ethyl adjacent to an activating group) is 1. The Bertz CT molecular complexity index is 662. The van der Waals surface area contributed by atoms with Gasteiger partial charge in [-0.05, 0) is 13.0 Å². The fourth-order valence-electron chi connectivity index (χ4n) is 1.92. The highest BCUT2D eigenvalue weighted by Gasteiger charge is 2.16. The molecule has 0 atom stereocenters. The summed E-state index contributed by atoms with van der Waals surface area (Å²) in [6.07, 6.45) is 1.43. The summed E-state index contributed by atoms with van der Waals surface area (Å²) in [5.74, 6) is -1.43. The van der Waals surface area contributed by atoms with Crippen LogP contribution < -0.4 is 0 Å². The van der Waals surface area contributed by atoms with Crippen LogP contribution in [-0.2, 0) is 11.8 Å². The molecule has 0 spiro atoms. The minimum Gasteiger partial charge on any atom is -0.480 e. The molecule has 1 amide bonds. The molecule has 0 saturated carbocycles. The van der Waals surface area contributed by atoms with Gasteiger partial charge >= 0.3 is 5.97 Å². The summed E-state index contributed by atoms with van der Waals surface area (Å²) >= 11 is 0. The Morgan fingerprint density at radius 3 is 2.79 bits per heavy atom. The third-order valence-electron chi connectivity index (χ3n) is 2.83. The Morgan fingerprint density at radius 2 is 2.16 bits per heavy atom. The topological polar surface area (TPSA) is 88.3 Å². The van der Waals surface area contributed by atoms with Crippen molar-refractivity contribution in [3.63, 3.8) is 0 Å². The predicted octanol–water partition coefficient (Wildman–Crippen LogP) is 0.433. The van der Waals surface area contributed by atoms with Gasteiger partial charge in [-0.2, -0.15) is 5.10 Å². The van der Waals surface area contributed by atoms with Crippen molar-refractivity contribution in [3.8, 4) is 0 Å². The van der Waals surface area contributed by atoms with E-state index in [-0.39, 0.29) is 12.5 Å². The van der Waals surface area contributed by atoms with Crippen LogP contribution >= 0.6 is 0 Å². The molecule has 2 aromatic rings. The second-order valence-electron chi connectivity index (χ2n) is 4.36. The minimum atomic E-state index is -1.05. The molecule has 0 radical (unpaired) electrons. The number of carboxylic acid groups (broad SMARTS) is 1. The van der Waals surface area contributed by atoms with E-state index in [0.717, 1.165) is 16.0 Å². The quantitative estimate of drug-likeness (QED) is 0.866. The number of aryl methyl sites for hydroxylation is 2. The summed E-state index contributed by atoms with van der Waals surface area (Å²) in [6, 6.07) is 1.69. The number of carbonyl (C=O) groups is 2. The van der Waals surface area contributed by atoms with Gasteiger partial charge in [0.1, 0.15) is 6.54 Å². The molecule has 0 unspecified atom stereocenters. The molecule has 2 aromatic heterocycles. The Morgan fingerprint density at radius 1 is 1.47 bits per heavy atom. The van der Waals surface area contributed by atoms with Gasteiger partial charge < -0.3 is 10.0 Å². The highest BCUT2D eigenvalue weighted by Crippen LogP contribution is 2.17. The fourth-order valence-corrected chi connectivity index (χ4v) is 1.92. The molecule has 0 aromatic carbocycles. The van der Waals surface area contributed by atoms with Crippen molar-refractivity contribution in [1.82, 2.24) is 19.7 Å². The maximum Gasteiger partial charge on any atom is 0.323 e. The summed E-state index contributed by atoms with van der Waals surface area (Å²) in [5, 5.41) is 13.7. The summed E-state index contributed by atoms with van der Waals surface area (Å²) in [5.41, 5.74) is 1.82. The number of carbonyl (C=O) groups excluding carboxylic acids is 1. The van der Waals surface area contributed by atoms with E-state index in [1.165, 1.54) is 13.2 Å². The Kier molecular flexibility index (Phi) is 3.20. The molecule has 0 aliphatic carbocycles. The smallest absolute Gasteiger partial charge is 0.323 e. The highest BCUT2D eigenvalue weighted by molar-refractivity contribution is 5.98. The number of aromatic nitrogens is 3. The number of hydrogen-bond acceptors (Lipinski definition) is 4. The fraction of sp³-hybridized carbons (Fsp3) is 0.333. The number of carboxylic acids is 1. The molecule has 7 nitrogen and oxygen atoms in total. The van der Waals surface area contributed by atoms with Crippen LogP contribution in [0, 0.1) is 6.92 Å². The molecule has 0 saturated heterocycles. The lowest BCUT2D eigenvalue weighted by atomic mass is 10.2. The van der Waals surface area contributed by atoms with E-state index < -0.39 is 5.97 Å². The molecule has 7 heteroatoms. The van der Waals surface area contributed by atoms with Crippen molar-refractivity contribution in [2.75, 3.05) is 13.6 Å². The number of fused-ring (bicyclic) bond motifs is 1. The average molecular weight is 262 g/mol. The molecule has 0 aliphatic rings. The van der Waals surface area contributed by atoms with Gasteiger partial charge in [-0.3, -0.25) is 14.3 Å². The Hall–Kier alpha value is -2.44. The van der Waals surface area contributed by atoms with Crippen LogP contribution in [0.2, 0.25) is 0 Å². The van der Waals surface area contributed by atoms with E-state index >= 15 is 0 Å². The van der Waals surface area contributed by atoms with Gasteiger partial charge in [0.15, 0.2) is 5.65 Å². The number of amides is 1. The lowest BCUT2D eigenvalue weighted by molar-refractivity contribution is -0.137. The lowest BCUT2D eigenvalue weighted by Crippen LogP contribution is -2.31. The first-order valence-electron chi connectivity index (χ1n) is 5.66. The molecule has 0 aliphatic heterocycles. The Labute approximate surface area is 109 Å². The largest absolute Gasteiger partial charge is 0.480 e. The zero-order chi connectivity index (χ0) is 14.2. The number of aliphatic carboxylic acids is 1. The summed E-state index contributed by atoms with van der Waals surface area (Å²) in [7, 11) is 3.22. The van der Waals surface area contributed by atoms with Crippen LogP contribution in [-0.4, -0.2) is 50.2 Å². The van der Waals surface area contributed by atoms with Crippen molar-refractivity contribution in [2.45, 2.75) is 6.92 Å². The van der Waals surface area contributed by atoms with E-state index in [1.54, 1.807) is 17.8 Å². The molecule has 100 valence electrons. The van der Waals surface area contributed by atoms with Crippen LogP contribution in [0.25, 0.3) is 11.0 Å². The van der Waals surface area contributed by atoms with Crippen molar-refractivity contribution < 1.29 is 14.7 Å². The first kappa shape index (κ1) is 13.0. The van der Waals surface area contributed by atoms with E-state index in [0.29, 0.717) is 11.2 Å². The molecule has 19 heavy (non-hydrogen) atoms. The third-order valence-corrected chi connectivity index (χ3v) is 2.83. The van der Waals surface area contributed by atoms with E-state index in [2.05, 4.69) is 10.1 Å². The maximum absolute atomic E-state index is 12.0. The average Bonchev–Trinajstić information content (AvgIpc) is 2.63. The summed E-state index contributed by atoms with van der Waals surface area (Å²) in [4.78, 5) is 28.0. The summed E-state index contributed by atoms with van der Waals surface area (Å²) in [6.45, 7) is 1.49. The van der Waals surface area contributed by atoms with Crippen molar-refractivity contribution >= 4 is 22.9 Å². The van der Waals surface area contributed by atoms with Gasteiger partial charge in [0.05, 0.1) is 11.3 Å². The zero-order valence-corrected chi connectivity index (χ0v) is 10.9. The third kappa shape index (κ3) is 2.40. The number of hydrogen-bond donors (Lipinski definition) is 1. The minimum absolute atomic E-state index is 0.344. The first-order valence-corrected chi connectivity index (χ1v) is 5.66. The van der Waals surface area contributed by atoms with E-state index in [1.807, 2.05) is 6.92 Å². The lowest BCUT2D eigenvalue weighted by Gasteiger charge is -2.14. The highest BCUT2D eigenvalue weighted by atomic mass is 16.4. The standard InChI is InChI=1S/C12H14N4O3/c1-7-9-4-8(5-13-11(9)16(3)14-7)12(19)15(2)6-10(17)18/h4-5H,6H2,1-3H3,(H,17,18). The monoisotopic (exact) mass is 262 g/mol. The van der Waals surface area contributed by atoms with Gasteiger partial charge in [0.2, 0.25) is 0 Å². The van der Waals surface area contributed by atoms with Gasteiger partial charge in [-0.1, -0.05) is 0 Å². The van der Waals surface area contributed by atoms with Crippen molar-refractivity contribution in [3.05, 3.63) is 23.5 Å². The number of nitrogens with zero attached hydrogens (tertiary/aromatic N) is 4. The van der Waals surface area contributed by atoms with Crippen LogP contribution in [0.15, 0.2) is 12.3 Å². The van der Waals surface area contributed by atoms with E-state index in [4.69, 9.17) is 5.11 Å². The first-order chi connectivity index (χ1) is 8.90. The second kappa shape index (κ2) is 4.68. The predicted molar refractivity (Wildman–Crippen MR) is 67.8 cm³/mol. The second-order valence-corrected chi connectivity index (χ2v) is 4.36. The molecule has 2 rings (SSSR count). The molecular formula is C12H14N4O3. The van der Waals surface area contributed by atoms with E-state index in [9.17, 15) is 9.59 Å². The normalized spacial score (nSPS) is 10.7. The van der Waals surface area contributed by atoms with Crippen LogP contribution in [0.5, 0.6) is 0 Å². The zero-order valence-electron chi connectivity index (χ0n) is 10.9. The summed E-state index contributed by atoms with van der Waals surface area (Å²) < 4.78 is 1.64.